The molecule has 0 N–H and O–H groups in total. The van der Waals surface area contributed by atoms with Crippen LogP contribution in [0.3, 0.4) is 0 Å². The maximum absolute atomic E-state index is 14.4. The van der Waals surface area contributed by atoms with E-state index >= 15 is 0 Å². The third-order valence-corrected chi connectivity index (χ3v) is 7.33. The molecule has 1 saturated heterocycles. The number of rotatable bonds is 4. The third-order valence-electron chi connectivity index (χ3n) is 7.33. The van der Waals surface area contributed by atoms with Crippen molar-refractivity contribution < 1.29 is 23.2 Å². The predicted molar refractivity (Wildman–Crippen MR) is 132 cm³/mol. The van der Waals surface area contributed by atoms with Gasteiger partial charge in [-0.05, 0) is 87.0 Å². The molecule has 2 heterocycles. The van der Waals surface area contributed by atoms with Crippen LogP contribution in [0.2, 0.25) is 0 Å². The smallest absolute Gasteiger partial charge is 0.494 e. The highest BCUT2D eigenvalue weighted by atomic mass is 19.1. The van der Waals surface area contributed by atoms with Gasteiger partial charge in [0.1, 0.15) is 23.4 Å². The molecule has 34 heavy (non-hydrogen) atoms. The summed E-state index contributed by atoms with van der Waals surface area (Å²) in [6, 6.07) is 18.9. The van der Waals surface area contributed by atoms with Gasteiger partial charge in [0.2, 0.25) is 0 Å². The van der Waals surface area contributed by atoms with Gasteiger partial charge in [0.15, 0.2) is 0 Å². The Morgan fingerprint density at radius 1 is 0.912 bits per heavy atom. The zero-order valence-corrected chi connectivity index (χ0v) is 20.4. The van der Waals surface area contributed by atoms with Gasteiger partial charge in [-0.25, -0.2) is 4.39 Å². The summed E-state index contributed by atoms with van der Waals surface area (Å²) in [5, 5.41) is 0. The summed E-state index contributed by atoms with van der Waals surface area (Å²) < 4.78 is 38.5. The van der Waals surface area contributed by atoms with Crippen LogP contribution in [0.25, 0.3) is 11.1 Å². The van der Waals surface area contributed by atoms with Crippen LogP contribution >= 0.6 is 0 Å². The Morgan fingerprint density at radius 2 is 1.62 bits per heavy atom. The van der Waals surface area contributed by atoms with Gasteiger partial charge >= 0.3 is 7.12 Å². The summed E-state index contributed by atoms with van der Waals surface area (Å²) in [5.41, 5.74) is 3.77. The molecule has 1 atom stereocenters. The molecule has 2 aliphatic heterocycles. The van der Waals surface area contributed by atoms with E-state index in [1.165, 1.54) is 11.6 Å². The van der Waals surface area contributed by atoms with Crippen molar-refractivity contribution in [1.29, 1.82) is 0 Å². The zero-order valence-electron chi connectivity index (χ0n) is 20.4. The van der Waals surface area contributed by atoms with E-state index in [2.05, 4.69) is 39.8 Å². The molecule has 3 aromatic carbocycles. The molecule has 0 saturated carbocycles. The lowest BCUT2D eigenvalue weighted by Gasteiger charge is -2.32. The third kappa shape index (κ3) is 4.10. The van der Waals surface area contributed by atoms with E-state index in [1.54, 1.807) is 19.2 Å². The van der Waals surface area contributed by atoms with Gasteiger partial charge in [-0.15, -0.1) is 0 Å². The summed E-state index contributed by atoms with van der Waals surface area (Å²) in [6.07, 6.45) is 1.75. The Labute approximate surface area is 201 Å². The minimum atomic E-state index is -0.420. The van der Waals surface area contributed by atoms with Crippen LogP contribution in [0.1, 0.15) is 51.3 Å². The first kappa shape index (κ1) is 22.9. The van der Waals surface area contributed by atoms with Crippen LogP contribution in [0.5, 0.6) is 11.5 Å². The Bertz CT molecular complexity index is 1190. The minimum absolute atomic E-state index is 0.0646. The zero-order chi connectivity index (χ0) is 24.1. The molecule has 0 radical (unpaired) electrons. The number of hydrogen-bond acceptors (Lipinski definition) is 4. The second kappa shape index (κ2) is 8.44. The van der Waals surface area contributed by atoms with Crippen molar-refractivity contribution in [1.82, 2.24) is 0 Å². The van der Waals surface area contributed by atoms with Crippen molar-refractivity contribution in [2.24, 2.45) is 0 Å². The van der Waals surface area contributed by atoms with Crippen LogP contribution < -0.4 is 14.9 Å². The Morgan fingerprint density at radius 3 is 2.29 bits per heavy atom. The van der Waals surface area contributed by atoms with Gasteiger partial charge < -0.3 is 18.8 Å². The number of hydrogen-bond donors (Lipinski definition) is 0. The van der Waals surface area contributed by atoms with Crippen molar-refractivity contribution in [2.75, 3.05) is 7.11 Å². The first-order chi connectivity index (χ1) is 16.2. The average molecular weight is 460 g/mol. The van der Waals surface area contributed by atoms with E-state index in [1.807, 2.05) is 30.3 Å². The molecule has 0 aromatic heterocycles. The van der Waals surface area contributed by atoms with Gasteiger partial charge in [-0.3, -0.25) is 0 Å². The first-order valence-corrected chi connectivity index (χ1v) is 11.8. The fourth-order valence-corrected chi connectivity index (χ4v) is 4.48. The topological polar surface area (TPSA) is 36.9 Å². The largest absolute Gasteiger partial charge is 0.497 e. The Balaban J connectivity index is 1.35. The van der Waals surface area contributed by atoms with Crippen molar-refractivity contribution in [3.63, 3.8) is 0 Å². The van der Waals surface area contributed by atoms with Gasteiger partial charge in [-0.1, -0.05) is 36.4 Å². The molecule has 0 aliphatic carbocycles. The number of halogens is 1. The van der Waals surface area contributed by atoms with Gasteiger partial charge in [0.05, 0.1) is 18.3 Å². The fraction of sp³-hybridized carbons (Fsp3) is 0.357. The molecule has 5 rings (SSSR count). The molecular weight excluding hydrogens is 430 g/mol. The van der Waals surface area contributed by atoms with E-state index in [9.17, 15) is 4.39 Å². The van der Waals surface area contributed by atoms with Gasteiger partial charge in [-0.2, -0.15) is 0 Å². The maximum Gasteiger partial charge on any atom is 0.494 e. The lowest BCUT2D eigenvalue weighted by molar-refractivity contribution is 0.00578. The van der Waals surface area contributed by atoms with Crippen LogP contribution in [0, 0.1) is 5.82 Å². The standard InChI is InChI=1S/C28H30BFO4/c1-27(2)28(3,4)34-29(33-27)21-12-10-20-11-15-25(32-26(20)16-21)19-8-6-18(7-9-19)23-17-22(31-5)13-14-24(23)30/h6-10,12-14,16-17,25H,11,15H2,1-5H3. The van der Waals surface area contributed by atoms with E-state index in [0.717, 1.165) is 35.2 Å². The maximum atomic E-state index is 14.4. The highest BCUT2D eigenvalue weighted by Crippen LogP contribution is 2.39. The SMILES string of the molecule is COc1ccc(F)c(-c2ccc(C3CCc4ccc(B5OC(C)(C)C(C)(C)O5)cc4O3)cc2)c1. The van der Waals surface area contributed by atoms with E-state index in [4.69, 9.17) is 18.8 Å². The Kier molecular flexibility index (Phi) is 5.69. The second-order valence-corrected chi connectivity index (χ2v) is 10.1. The molecule has 0 amide bonds. The molecule has 0 spiro atoms. The average Bonchev–Trinajstić information content (AvgIpc) is 3.05. The molecule has 176 valence electrons. The summed E-state index contributed by atoms with van der Waals surface area (Å²) in [7, 11) is 1.16. The van der Waals surface area contributed by atoms with Crippen molar-refractivity contribution in [2.45, 2.75) is 57.8 Å². The number of fused-ring (bicyclic) bond motifs is 1. The van der Waals surface area contributed by atoms with Crippen molar-refractivity contribution in [3.05, 3.63) is 77.6 Å². The van der Waals surface area contributed by atoms with E-state index < -0.39 is 7.12 Å². The minimum Gasteiger partial charge on any atom is -0.497 e. The molecule has 0 bridgehead atoms. The van der Waals surface area contributed by atoms with Gasteiger partial charge in [0, 0.05) is 5.56 Å². The number of methoxy groups -OCH3 is 1. The predicted octanol–water partition coefficient (Wildman–Crippen LogP) is 5.87. The lowest BCUT2D eigenvalue weighted by atomic mass is 9.78. The van der Waals surface area contributed by atoms with Crippen molar-refractivity contribution in [3.8, 4) is 22.6 Å². The molecule has 1 fully saturated rings. The number of benzene rings is 3. The molecule has 1 unspecified atom stereocenters. The summed E-state index contributed by atoms with van der Waals surface area (Å²) >= 11 is 0. The lowest BCUT2D eigenvalue weighted by Crippen LogP contribution is -2.41. The van der Waals surface area contributed by atoms with E-state index in [-0.39, 0.29) is 23.1 Å². The fourth-order valence-electron chi connectivity index (χ4n) is 4.48. The number of ether oxygens (including phenoxy) is 2. The second-order valence-electron chi connectivity index (χ2n) is 10.1. The quantitative estimate of drug-likeness (QED) is 0.457. The monoisotopic (exact) mass is 460 g/mol. The summed E-state index contributed by atoms with van der Waals surface area (Å²) in [4.78, 5) is 0. The van der Waals surface area contributed by atoms with Crippen LogP contribution in [0.15, 0.2) is 60.7 Å². The van der Waals surface area contributed by atoms with Crippen LogP contribution in [0.4, 0.5) is 4.39 Å². The molecule has 4 nitrogen and oxygen atoms in total. The molecule has 6 heteroatoms. The highest BCUT2D eigenvalue weighted by molar-refractivity contribution is 6.62. The summed E-state index contributed by atoms with van der Waals surface area (Å²) in [5.74, 6) is 1.23. The molecule has 3 aromatic rings. The first-order valence-electron chi connectivity index (χ1n) is 11.8. The number of aryl methyl sites for hydroxylation is 1. The molecular formula is C28H30BFO4. The van der Waals surface area contributed by atoms with Crippen molar-refractivity contribution >= 4 is 12.6 Å². The molecule has 2 aliphatic rings. The normalized spacial score (nSPS) is 20.5. The van der Waals surface area contributed by atoms with E-state index in [0.29, 0.717) is 11.3 Å². The van der Waals surface area contributed by atoms with Crippen LogP contribution in [-0.2, 0) is 15.7 Å². The Hall–Kier alpha value is -2.83. The van der Waals surface area contributed by atoms with Gasteiger partial charge in [0.25, 0.3) is 0 Å². The highest BCUT2D eigenvalue weighted by Gasteiger charge is 2.51. The van der Waals surface area contributed by atoms with Crippen LogP contribution in [-0.4, -0.2) is 25.4 Å². The summed E-state index contributed by atoms with van der Waals surface area (Å²) in [6.45, 7) is 8.22.